The van der Waals surface area contributed by atoms with Crippen LogP contribution >= 0.6 is 0 Å². The Kier molecular flexibility index (Phi) is 6.30. The van der Waals surface area contributed by atoms with Gasteiger partial charge in [-0.25, -0.2) is 0 Å². The molecule has 0 aliphatic carbocycles. The highest BCUT2D eigenvalue weighted by atomic mass is 16.5. The summed E-state index contributed by atoms with van der Waals surface area (Å²) in [6, 6.07) is 28.3. The quantitative estimate of drug-likeness (QED) is 0.468. The molecule has 0 atom stereocenters. The van der Waals surface area contributed by atoms with Crippen molar-refractivity contribution >= 4 is 5.91 Å². The summed E-state index contributed by atoms with van der Waals surface area (Å²) in [5, 5.41) is 6.98. The van der Waals surface area contributed by atoms with Gasteiger partial charge in [0.05, 0.1) is 0 Å². The number of amides is 1. The molecule has 1 amide bonds. The highest BCUT2D eigenvalue weighted by Crippen LogP contribution is 2.23. The minimum absolute atomic E-state index is 0.0158. The van der Waals surface area contributed by atoms with Gasteiger partial charge in [0.2, 0.25) is 17.6 Å². The van der Waals surface area contributed by atoms with Crippen LogP contribution in [0.3, 0.4) is 0 Å². The molecule has 3 aromatic carbocycles. The number of hydrogen-bond donors (Lipinski definition) is 1. The van der Waals surface area contributed by atoms with Gasteiger partial charge >= 0.3 is 0 Å². The van der Waals surface area contributed by atoms with Crippen LogP contribution in [0.4, 0.5) is 0 Å². The summed E-state index contributed by atoms with van der Waals surface area (Å²) in [6.07, 6.45) is 1.56. The molecule has 4 aromatic rings. The Morgan fingerprint density at radius 3 is 2.13 bits per heavy atom. The van der Waals surface area contributed by atoms with Gasteiger partial charge in [0, 0.05) is 24.9 Å². The summed E-state index contributed by atoms with van der Waals surface area (Å²) in [5.41, 5.74) is 4.39. The van der Waals surface area contributed by atoms with Crippen molar-refractivity contribution in [3.05, 3.63) is 96.4 Å². The van der Waals surface area contributed by atoms with Gasteiger partial charge in [-0.1, -0.05) is 90.1 Å². The molecule has 1 heterocycles. The first-order chi connectivity index (χ1) is 14.8. The van der Waals surface area contributed by atoms with Gasteiger partial charge in [0.25, 0.3) is 0 Å². The van der Waals surface area contributed by atoms with Crippen LogP contribution in [0, 0.1) is 0 Å². The topological polar surface area (TPSA) is 68.0 Å². The maximum absolute atomic E-state index is 12.1. The molecule has 0 unspecified atom stereocenters. The first-order valence-corrected chi connectivity index (χ1v) is 10.1. The van der Waals surface area contributed by atoms with Gasteiger partial charge in [-0.15, -0.1) is 0 Å². The number of aryl methyl sites for hydroxylation is 1. The second-order valence-electron chi connectivity index (χ2n) is 7.04. The smallest absolute Gasteiger partial charge is 0.227 e. The number of nitrogens with zero attached hydrogens (tertiary/aromatic N) is 2. The molecule has 150 valence electrons. The Hall–Kier alpha value is -3.73. The summed E-state index contributed by atoms with van der Waals surface area (Å²) in [7, 11) is 0. The van der Waals surface area contributed by atoms with Gasteiger partial charge in [0.15, 0.2) is 0 Å². The van der Waals surface area contributed by atoms with E-state index in [1.807, 2.05) is 60.7 Å². The summed E-state index contributed by atoms with van der Waals surface area (Å²) < 4.78 is 5.32. The summed E-state index contributed by atoms with van der Waals surface area (Å²) in [5.74, 6) is 0.988. The summed E-state index contributed by atoms with van der Waals surface area (Å²) in [4.78, 5) is 16.5. The van der Waals surface area contributed by atoms with Crippen molar-refractivity contribution in [2.45, 2.75) is 19.3 Å². The van der Waals surface area contributed by atoms with Crippen molar-refractivity contribution in [3.63, 3.8) is 0 Å². The van der Waals surface area contributed by atoms with Gasteiger partial charge < -0.3 is 9.84 Å². The van der Waals surface area contributed by atoms with E-state index in [2.05, 4.69) is 39.7 Å². The van der Waals surface area contributed by atoms with Gasteiger partial charge in [-0.2, -0.15) is 4.98 Å². The van der Waals surface area contributed by atoms with E-state index < -0.39 is 0 Å². The molecule has 5 heteroatoms. The van der Waals surface area contributed by atoms with Crippen molar-refractivity contribution in [2.75, 3.05) is 6.54 Å². The van der Waals surface area contributed by atoms with Crippen molar-refractivity contribution < 1.29 is 9.32 Å². The number of carbonyl (C=O) groups is 1. The van der Waals surface area contributed by atoms with E-state index in [9.17, 15) is 4.79 Å². The van der Waals surface area contributed by atoms with E-state index in [0.717, 1.165) is 23.1 Å². The summed E-state index contributed by atoms with van der Waals surface area (Å²) in [6.45, 7) is 0.617. The normalized spacial score (nSPS) is 10.7. The fourth-order valence-electron chi connectivity index (χ4n) is 3.22. The average Bonchev–Trinajstić information content (AvgIpc) is 3.28. The van der Waals surface area contributed by atoms with Crippen LogP contribution in [0.25, 0.3) is 22.5 Å². The average molecular weight is 397 g/mol. The Morgan fingerprint density at radius 1 is 0.767 bits per heavy atom. The molecule has 0 fully saturated rings. The van der Waals surface area contributed by atoms with Crippen molar-refractivity contribution in [1.29, 1.82) is 0 Å². The summed E-state index contributed by atoms with van der Waals surface area (Å²) >= 11 is 0. The number of rotatable bonds is 8. The molecule has 0 radical (unpaired) electrons. The van der Waals surface area contributed by atoms with Crippen LogP contribution in [-0.2, 0) is 17.6 Å². The predicted molar refractivity (Wildman–Crippen MR) is 117 cm³/mol. The highest BCUT2D eigenvalue weighted by molar-refractivity contribution is 5.76. The first kappa shape index (κ1) is 19.6. The van der Waals surface area contributed by atoms with Gasteiger partial charge in [-0.3, -0.25) is 4.79 Å². The third kappa shape index (κ3) is 5.20. The molecule has 0 aliphatic rings. The second-order valence-corrected chi connectivity index (χ2v) is 7.04. The number of nitrogens with one attached hydrogen (secondary N) is 1. The molecular weight excluding hydrogens is 374 g/mol. The fraction of sp³-hybridized carbons (Fsp3) is 0.160. The zero-order valence-electron chi connectivity index (χ0n) is 16.6. The molecule has 0 aliphatic heterocycles. The fourth-order valence-corrected chi connectivity index (χ4v) is 3.22. The van der Waals surface area contributed by atoms with Crippen molar-refractivity contribution in [2.24, 2.45) is 0 Å². The minimum Gasteiger partial charge on any atom is -0.356 e. The number of hydrogen-bond acceptors (Lipinski definition) is 4. The molecule has 1 aromatic heterocycles. The predicted octanol–water partition coefficient (Wildman–Crippen LogP) is 4.70. The molecule has 0 bridgehead atoms. The maximum atomic E-state index is 12.1. The molecule has 0 spiro atoms. The number of benzene rings is 3. The van der Waals surface area contributed by atoms with E-state index in [-0.39, 0.29) is 5.91 Å². The largest absolute Gasteiger partial charge is 0.356 e. The lowest BCUT2D eigenvalue weighted by molar-refractivity contribution is -0.121. The molecule has 30 heavy (non-hydrogen) atoms. The van der Waals surface area contributed by atoms with E-state index in [1.54, 1.807) is 0 Å². The minimum atomic E-state index is -0.0158. The molecule has 0 saturated heterocycles. The first-order valence-electron chi connectivity index (χ1n) is 10.1. The lowest BCUT2D eigenvalue weighted by Crippen LogP contribution is -2.25. The molecule has 0 saturated carbocycles. The van der Waals surface area contributed by atoms with Crippen LogP contribution in [0.1, 0.15) is 17.9 Å². The maximum Gasteiger partial charge on any atom is 0.227 e. The zero-order chi connectivity index (χ0) is 20.6. The Balaban J connectivity index is 1.27. The lowest BCUT2D eigenvalue weighted by Gasteiger charge is -2.04. The van der Waals surface area contributed by atoms with Crippen LogP contribution in [0.5, 0.6) is 0 Å². The highest BCUT2D eigenvalue weighted by Gasteiger charge is 2.11. The number of aromatic nitrogens is 2. The lowest BCUT2D eigenvalue weighted by atomic mass is 10.0. The third-order valence-corrected chi connectivity index (χ3v) is 4.86. The standard InChI is InChI=1S/C25H23N3O2/c29-23(26-18-17-19-7-3-1-4-8-19)15-16-24-27-25(28-30-24)22-13-11-21(12-14-22)20-9-5-2-6-10-20/h1-14H,15-18H2,(H,26,29). The van der Waals surface area contributed by atoms with E-state index in [0.29, 0.717) is 31.1 Å². The van der Waals surface area contributed by atoms with Crippen LogP contribution in [0.15, 0.2) is 89.5 Å². The van der Waals surface area contributed by atoms with Gasteiger partial charge in [0.1, 0.15) is 0 Å². The van der Waals surface area contributed by atoms with E-state index >= 15 is 0 Å². The van der Waals surface area contributed by atoms with Crippen molar-refractivity contribution in [3.8, 4) is 22.5 Å². The Bertz CT molecular complexity index is 1070. The Labute approximate surface area is 175 Å². The Morgan fingerprint density at radius 2 is 1.40 bits per heavy atom. The molecule has 5 nitrogen and oxygen atoms in total. The second kappa shape index (κ2) is 9.65. The zero-order valence-corrected chi connectivity index (χ0v) is 16.6. The van der Waals surface area contributed by atoms with E-state index in [1.165, 1.54) is 5.56 Å². The van der Waals surface area contributed by atoms with E-state index in [4.69, 9.17) is 4.52 Å². The van der Waals surface area contributed by atoms with Crippen LogP contribution in [0.2, 0.25) is 0 Å². The monoisotopic (exact) mass is 397 g/mol. The molecule has 4 rings (SSSR count). The van der Waals surface area contributed by atoms with Crippen LogP contribution in [-0.4, -0.2) is 22.6 Å². The molecular formula is C25H23N3O2. The van der Waals surface area contributed by atoms with Crippen molar-refractivity contribution in [1.82, 2.24) is 15.5 Å². The SMILES string of the molecule is O=C(CCc1nc(-c2ccc(-c3ccccc3)cc2)no1)NCCc1ccccc1. The molecule has 1 N–H and O–H groups in total. The number of carbonyl (C=O) groups excluding carboxylic acids is 1. The third-order valence-electron chi connectivity index (χ3n) is 4.86. The van der Waals surface area contributed by atoms with Crippen LogP contribution < -0.4 is 5.32 Å². The van der Waals surface area contributed by atoms with Gasteiger partial charge in [-0.05, 0) is 23.1 Å².